The van der Waals surface area contributed by atoms with Gasteiger partial charge < -0.3 is 4.74 Å². The van der Waals surface area contributed by atoms with Crippen molar-refractivity contribution < 1.29 is 41.7 Å². The van der Waals surface area contributed by atoms with E-state index in [0.717, 1.165) is 26.9 Å². The predicted molar refractivity (Wildman–Crippen MR) is 119 cm³/mol. The minimum Gasteiger partial charge on any atom is -0.461 e. The smallest absolute Gasteiger partial charge is 0.359 e. The van der Waals surface area contributed by atoms with Gasteiger partial charge in [-0.3, -0.25) is 28.7 Å². The van der Waals surface area contributed by atoms with Crippen LogP contribution >= 0.6 is 0 Å². The number of carbonyl (C=O) groups is 5. The highest BCUT2D eigenvalue weighted by molar-refractivity contribution is 7.85. The first kappa shape index (κ1) is 25.5. The van der Waals surface area contributed by atoms with Crippen molar-refractivity contribution in [1.29, 1.82) is 0 Å². The molecule has 2 aliphatic rings. The summed E-state index contributed by atoms with van der Waals surface area (Å²) < 4.78 is 36.5. The van der Waals surface area contributed by atoms with Crippen LogP contribution in [0.15, 0.2) is 58.1 Å². The highest BCUT2D eigenvalue weighted by Gasteiger charge is 2.41. The molecule has 0 radical (unpaired) electrons. The predicted octanol–water partition coefficient (Wildman–Crippen LogP) is 0.348. The van der Waals surface area contributed by atoms with E-state index >= 15 is 0 Å². The van der Waals surface area contributed by atoms with E-state index in [1.54, 1.807) is 6.92 Å². The average Bonchev–Trinajstić information content (AvgIpc) is 3.14. The first-order valence-corrected chi connectivity index (χ1v) is 11.5. The first-order valence-electron chi connectivity index (χ1n) is 10.0. The monoisotopic (exact) mass is 504 g/mol. The maximum absolute atomic E-state index is 13.0. The van der Waals surface area contributed by atoms with Crippen molar-refractivity contribution in [3.63, 3.8) is 0 Å². The van der Waals surface area contributed by atoms with Crippen molar-refractivity contribution >= 4 is 51.2 Å². The number of allylic oxidation sites excluding steroid dienone is 2. The summed E-state index contributed by atoms with van der Waals surface area (Å²) in [4.78, 5) is 63.1. The second-order valence-electron chi connectivity index (χ2n) is 7.27. The number of barbiturate groups is 1. The number of imide groups is 2. The number of ether oxygens (including phenoxy) is 1. The molecule has 0 saturated carbocycles. The molecule has 0 unspecified atom stereocenters. The van der Waals surface area contributed by atoms with Gasteiger partial charge in [0, 0.05) is 14.1 Å². The minimum absolute atomic E-state index is 0.00397. The molecule has 1 aromatic carbocycles. The van der Waals surface area contributed by atoms with Gasteiger partial charge >= 0.3 is 12.0 Å². The zero-order valence-electron chi connectivity index (χ0n) is 18.7. The van der Waals surface area contributed by atoms with Crippen LogP contribution in [0.4, 0.5) is 10.5 Å². The average molecular weight is 504 g/mol. The van der Waals surface area contributed by atoms with Gasteiger partial charge in [-0.05, 0) is 37.3 Å². The van der Waals surface area contributed by atoms with E-state index in [2.05, 4.69) is 5.10 Å². The Balaban J connectivity index is 1.94. The summed E-state index contributed by atoms with van der Waals surface area (Å²) in [6, 6.07) is 3.73. The number of hydrogen-bond donors (Lipinski definition) is 1. The molecule has 0 aliphatic carbocycles. The third-order valence-corrected chi connectivity index (χ3v) is 5.93. The number of hydrazone groups is 1. The van der Waals surface area contributed by atoms with Gasteiger partial charge in [0.25, 0.3) is 16.0 Å². The minimum atomic E-state index is -4.46. The standard InChI is InChI=1S/C21H20N4O9S/c1-4-34-20(29)16-14(6-5-7-15-17(26)23(2)21(30)24(3)18(15)27)19(28)25(22-16)12-8-10-13(11-9-12)35(31,32)33/h5-11,15H,4H2,1-3H3,(H,31,32,33)/b7-5+,14-6-. The number of carbonyl (C=O) groups excluding carboxylic acids is 5. The second-order valence-corrected chi connectivity index (χ2v) is 8.70. The zero-order valence-corrected chi connectivity index (χ0v) is 19.6. The molecule has 1 N–H and O–H groups in total. The first-order chi connectivity index (χ1) is 16.4. The van der Waals surface area contributed by atoms with Crippen LogP contribution in [0.2, 0.25) is 0 Å². The van der Waals surface area contributed by atoms with Crippen LogP contribution in [0.3, 0.4) is 0 Å². The summed E-state index contributed by atoms with van der Waals surface area (Å²) in [5, 5.41) is 4.81. The third-order valence-electron chi connectivity index (χ3n) is 5.06. The van der Waals surface area contributed by atoms with Crippen molar-refractivity contribution in [2.45, 2.75) is 11.8 Å². The van der Waals surface area contributed by atoms with E-state index < -0.39 is 50.7 Å². The van der Waals surface area contributed by atoms with E-state index in [4.69, 9.17) is 9.29 Å². The molecule has 1 fully saturated rings. The highest BCUT2D eigenvalue weighted by Crippen LogP contribution is 2.26. The van der Waals surface area contributed by atoms with Gasteiger partial charge in [0.05, 0.1) is 22.8 Å². The Hall–Kier alpha value is -4.17. The van der Waals surface area contributed by atoms with Gasteiger partial charge in [-0.15, -0.1) is 0 Å². The number of anilines is 1. The Labute approximate surface area is 199 Å². The van der Waals surface area contributed by atoms with Crippen molar-refractivity contribution in [2.24, 2.45) is 11.0 Å². The van der Waals surface area contributed by atoms with E-state index in [1.807, 2.05) is 0 Å². The lowest BCUT2D eigenvalue weighted by molar-refractivity contribution is -0.145. The Morgan fingerprint density at radius 2 is 1.66 bits per heavy atom. The van der Waals surface area contributed by atoms with Crippen LogP contribution in [-0.2, 0) is 34.0 Å². The topological polar surface area (TPSA) is 171 Å². The zero-order chi connectivity index (χ0) is 26.1. The Morgan fingerprint density at radius 1 is 1.09 bits per heavy atom. The Kier molecular flexibility index (Phi) is 6.98. The van der Waals surface area contributed by atoms with Crippen LogP contribution in [0.25, 0.3) is 0 Å². The molecule has 0 bridgehead atoms. The maximum Gasteiger partial charge on any atom is 0.359 e. The van der Waals surface area contributed by atoms with E-state index in [9.17, 15) is 32.4 Å². The maximum atomic E-state index is 13.0. The SMILES string of the molecule is CCOC(=O)C1=NN(c2ccc(S(=O)(=O)O)cc2)C(=O)/C1=C\C=C\C1C(=O)N(C)C(=O)N(C)C1=O. The van der Waals surface area contributed by atoms with Crippen LogP contribution in [0.1, 0.15) is 6.92 Å². The van der Waals surface area contributed by atoms with Gasteiger partial charge in [-0.2, -0.15) is 18.5 Å². The summed E-state index contributed by atoms with van der Waals surface area (Å²) in [6.45, 7) is 1.55. The summed E-state index contributed by atoms with van der Waals surface area (Å²) in [7, 11) is -2.01. The molecule has 1 saturated heterocycles. The fourth-order valence-electron chi connectivity index (χ4n) is 3.21. The molecular weight excluding hydrogens is 484 g/mol. The van der Waals surface area contributed by atoms with Crippen molar-refractivity contribution in [3.05, 3.63) is 48.1 Å². The number of amides is 5. The Morgan fingerprint density at radius 3 is 2.17 bits per heavy atom. The molecule has 35 heavy (non-hydrogen) atoms. The molecular formula is C21H20N4O9S. The fourth-order valence-corrected chi connectivity index (χ4v) is 3.69. The molecule has 13 nitrogen and oxygen atoms in total. The molecule has 14 heteroatoms. The van der Waals surface area contributed by atoms with Crippen LogP contribution in [-0.4, -0.2) is 78.9 Å². The number of nitrogens with zero attached hydrogens (tertiary/aromatic N) is 4. The molecule has 3 rings (SSSR count). The van der Waals surface area contributed by atoms with E-state index in [1.165, 1.54) is 44.5 Å². The van der Waals surface area contributed by atoms with Gasteiger partial charge in [0.2, 0.25) is 11.8 Å². The second kappa shape index (κ2) is 9.60. The molecule has 1 aromatic rings. The largest absolute Gasteiger partial charge is 0.461 e. The lowest BCUT2D eigenvalue weighted by atomic mass is 10.0. The van der Waals surface area contributed by atoms with Gasteiger partial charge in [0.1, 0.15) is 5.92 Å². The quantitative estimate of drug-likeness (QED) is 0.248. The van der Waals surface area contributed by atoms with Crippen LogP contribution in [0.5, 0.6) is 0 Å². The molecule has 0 atom stereocenters. The Bertz CT molecular complexity index is 1290. The lowest BCUT2D eigenvalue weighted by Crippen LogP contribution is -2.56. The van der Waals surface area contributed by atoms with E-state index in [0.29, 0.717) is 0 Å². The summed E-state index contributed by atoms with van der Waals surface area (Å²) in [6.07, 6.45) is 3.56. The number of rotatable bonds is 6. The van der Waals surface area contributed by atoms with Crippen molar-refractivity contribution in [2.75, 3.05) is 25.7 Å². The number of benzene rings is 1. The number of urea groups is 1. The van der Waals surface area contributed by atoms with Crippen molar-refractivity contribution in [3.8, 4) is 0 Å². The van der Waals surface area contributed by atoms with Gasteiger partial charge in [-0.25, -0.2) is 9.59 Å². The normalized spacial score (nSPS) is 18.8. The highest BCUT2D eigenvalue weighted by atomic mass is 32.2. The third kappa shape index (κ3) is 4.88. The van der Waals surface area contributed by atoms with Crippen molar-refractivity contribution in [1.82, 2.24) is 9.80 Å². The molecule has 5 amide bonds. The van der Waals surface area contributed by atoms with Crippen LogP contribution in [0, 0.1) is 5.92 Å². The number of esters is 1. The van der Waals surface area contributed by atoms with E-state index in [-0.39, 0.29) is 23.6 Å². The molecule has 184 valence electrons. The van der Waals surface area contributed by atoms with Gasteiger partial charge in [-0.1, -0.05) is 12.2 Å². The van der Waals surface area contributed by atoms with Gasteiger partial charge in [0.15, 0.2) is 5.71 Å². The molecule has 2 aliphatic heterocycles. The summed E-state index contributed by atoms with van der Waals surface area (Å²) in [5.74, 6) is -4.52. The summed E-state index contributed by atoms with van der Waals surface area (Å²) in [5.41, 5.74) is -0.478. The van der Waals surface area contributed by atoms with Crippen LogP contribution < -0.4 is 5.01 Å². The molecule has 0 spiro atoms. The molecule has 2 heterocycles. The lowest BCUT2D eigenvalue weighted by Gasteiger charge is -2.31. The molecule has 0 aromatic heterocycles. The number of hydrogen-bond acceptors (Lipinski definition) is 9. The summed E-state index contributed by atoms with van der Waals surface area (Å²) >= 11 is 0. The fraction of sp³-hybridized carbons (Fsp3) is 0.238.